The van der Waals surface area contributed by atoms with Gasteiger partial charge in [0.05, 0.1) is 22.2 Å². The molecule has 1 saturated heterocycles. The number of anilines is 1. The summed E-state index contributed by atoms with van der Waals surface area (Å²) in [4.78, 5) is 7.89. The molecule has 1 N–H and O–H groups in total. The fourth-order valence-electron chi connectivity index (χ4n) is 5.32. The highest BCUT2D eigenvalue weighted by atomic mass is 35.5. The Morgan fingerprint density at radius 1 is 1.14 bits per heavy atom. The Morgan fingerprint density at radius 3 is 2.57 bits per heavy atom. The molecule has 4 rings (SSSR count). The average Bonchev–Trinajstić information content (AvgIpc) is 2.81. The van der Waals surface area contributed by atoms with Gasteiger partial charge in [-0.2, -0.15) is 4.39 Å². The summed E-state index contributed by atoms with van der Waals surface area (Å²) in [6.07, 6.45) is 6.45. The van der Waals surface area contributed by atoms with E-state index in [4.69, 9.17) is 11.6 Å². The van der Waals surface area contributed by atoms with E-state index in [0.29, 0.717) is 17.8 Å². The summed E-state index contributed by atoms with van der Waals surface area (Å²) < 4.78 is 54.1. The van der Waals surface area contributed by atoms with Crippen LogP contribution in [0.5, 0.6) is 0 Å². The first-order valence-electron chi connectivity index (χ1n) is 12.1. The van der Waals surface area contributed by atoms with E-state index in [1.54, 1.807) is 0 Å². The van der Waals surface area contributed by atoms with Crippen LogP contribution < -0.4 is 5.32 Å². The molecule has 1 aromatic heterocycles. The van der Waals surface area contributed by atoms with Gasteiger partial charge in [-0.25, -0.2) is 17.8 Å². The van der Waals surface area contributed by atoms with Crippen LogP contribution in [0.2, 0.25) is 5.02 Å². The maximum Gasteiger partial charge on any atom is 0.213 e. The van der Waals surface area contributed by atoms with E-state index in [1.165, 1.54) is 12.1 Å². The maximum atomic E-state index is 15.1. The molecule has 2 fully saturated rings. The number of aromatic nitrogens is 1. The number of piperidine rings is 1. The Balaban J connectivity index is 1.51. The van der Waals surface area contributed by atoms with Crippen molar-refractivity contribution in [1.82, 2.24) is 14.8 Å². The van der Waals surface area contributed by atoms with Gasteiger partial charge in [0.2, 0.25) is 5.95 Å². The fraction of sp³-hybridized carbons (Fsp3) is 0.560. The largest absolute Gasteiger partial charge is 0.379 e. The topological polar surface area (TPSA) is 65.5 Å². The molecular formula is C25H33ClF2N4O2S. The Labute approximate surface area is 211 Å². The molecule has 2 aliphatic rings. The molecule has 1 aromatic carbocycles. The van der Waals surface area contributed by atoms with Crippen LogP contribution >= 0.6 is 11.6 Å². The van der Waals surface area contributed by atoms with Crippen LogP contribution in [0.4, 0.5) is 14.5 Å². The van der Waals surface area contributed by atoms with E-state index in [0.717, 1.165) is 69.8 Å². The highest BCUT2D eigenvalue weighted by molar-refractivity contribution is 7.90. The zero-order valence-corrected chi connectivity index (χ0v) is 21.8. The molecule has 0 radical (unpaired) electrons. The zero-order valence-electron chi connectivity index (χ0n) is 20.2. The summed E-state index contributed by atoms with van der Waals surface area (Å²) >= 11 is 6.46. The third-order valence-corrected chi connectivity index (χ3v) is 9.30. The molecule has 1 saturated carbocycles. The molecule has 1 aliphatic heterocycles. The van der Waals surface area contributed by atoms with Crippen LogP contribution in [0, 0.1) is 11.8 Å². The minimum Gasteiger partial charge on any atom is -0.379 e. The second kappa shape index (κ2) is 11.1. The number of likely N-dealkylation sites (N-methyl/N-ethyl adjacent to an activating group) is 1. The van der Waals surface area contributed by atoms with E-state index in [1.807, 2.05) is 0 Å². The van der Waals surface area contributed by atoms with Gasteiger partial charge in [0.25, 0.3) is 0 Å². The minimum absolute atomic E-state index is 0.00437. The first-order valence-corrected chi connectivity index (χ1v) is 14.2. The fourth-order valence-corrected chi connectivity index (χ4v) is 6.96. The van der Waals surface area contributed by atoms with Crippen molar-refractivity contribution in [3.63, 3.8) is 0 Å². The first kappa shape index (κ1) is 26.3. The van der Waals surface area contributed by atoms with Gasteiger partial charge in [0.1, 0.15) is 10.7 Å². The van der Waals surface area contributed by atoms with Gasteiger partial charge in [-0.3, -0.25) is 4.90 Å². The monoisotopic (exact) mass is 526 g/mol. The van der Waals surface area contributed by atoms with Gasteiger partial charge in [0.15, 0.2) is 9.84 Å². The van der Waals surface area contributed by atoms with Gasteiger partial charge < -0.3 is 10.2 Å². The Kier molecular flexibility index (Phi) is 8.30. The standard InChI is InChI=1S/C25H33ClF2N4O2S/c1-31-12-10-18(11-13-31)32(2)23-8-4-3-7-21(23)30-22-15-20(27)24(14-19(22)26)35(33,34)16-17-6-5-9-25(28)29-17/h5-6,9,14-15,18,21,23,30H,3-4,7-8,10-13,16H2,1-2H3/t21-,23-/m0/s1. The smallest absolute Gasteiger partial charge is 0.213 e. The summed E-state index contributed by atoms with van der Waals surface area (Å²) in [5.74, 6) is -2.29. The van der Waals surface area contributed by atoms with Crippen molar-refractivity contribution >= 4 is 27.1 Å². The van der Waals surface area contributed by atoms with Gasteiger partial charge in [0, 0.05) is 18.1 Å². The van der Waals surface area contributed by atoms with Crippen LogP contribution in [0.15, 0.2) is 35.2 Å². The van der Waals surface area contributed by atoms with Crippen molar-refractivity contribution in [3.8, 4) is 0 Å². The van der Waals surface area contributed by atoms with E-state index in [9.17, 15) is 12.8 Å². The second-order valence-electron chi connectivity index (χ2n) is 9.78. The van der Waals surface area contributed by atoms with Gasteiger partial charge >= 0.3 is 0 Å². The summed E-state index contributed by atoms with van der Waals surface area (Å²) in [5.41, 5.74) is 0.394. The quantitative estimate of drug-likeness (QED) is 0.526. The highest BCUT2D eigenvalue weighted by Crippen LogP contribution is 2.34. The molecule has 0 unspecified atom stereocenters. The molecule has 1 aliphatic carbocycles. The second-order valence-corrected chi connectivity index (χ2v) is 12.1. The van der Waals surface area contributed by atoms with E-state index < -0.39 is 32.3 Å². The van der Waals surface area contributed by atoms with Crippen molar-refractivity contribution < 1.29 is 17.2 Å². The van der Waals surface area contributed by atoms with Gasteiger partial charge in [-0.05, 0) is 77.1 Å². The summed E-state index contributed by atoms with van der Waals surface area (Å²) in [6.45, 7) is 2.16. The Bertz CT molecular complexity index is 1140. The van der Waals surface area contributed by atoms with Crippen molar-refractivity contribution in [2.75, 3.05) is 32.5 Å². The summed E-state index contributed by atoms with van der Waals surface area (Å²) in [5, 5.41) is 3.57. The van der Waals surface area contributed by atoms with Crippen LogP contribution in [0.25, 0.3) is 0 Å². The molecule has 0 bridgehead atoms. The molecule has 35 heavy (non-hydrogen) atoms. The molecule has 10 heteroatoms. The lowest BCUT2D eigenvalue weighted by atomic mass is 9.87. The van der Waals surface area contributed by atoms with E-state index in [-0.39, 0.29) is 16.8 Å². The van der Waals surface area contributed by atoms with E-state index >= 15 is 4.39 Å². The third kappa shape index (κ3) is 6.31. The zero-order chi connectivity index (χ0) is 25.2. The maximum absolute atomic E-state index is 15.1. The molecule has 2 atom stereocenters. The van der Waals surface area contributed by atoms with Crippen LogP contribution in [0.1, 0.15) is 44.2 Å². The Hall–Kier alpha value is -1.81. The van der Waals surface area contributed by atoms with Crippen LogP contribution in [-0.4, -0.2) is 68.5 Å². The third-order valence-electron chi connectivity index (χ3n) is 7.32. The number of hydrogen-bond acceptors (Lipinski definition) is 6. The lowest BCUT2D eigenvalue weighted by Gasteiger charge is -2.44. The number of likely N-dealkylation sites (tertiary alicyclic amines) is 1. The van der Waals surface area contributed by atoms with E-state index in [2.05, 4.69) is 34.2 Å². The van der Waals surface area contributed by atoms with Gasteiger partial charge in [-0.15, -0.1) is 0 Å². The number of pyridine rings is 1. The van der Waals surface area contributed by atoms with Crippen molar-refractivity contribution in [3.05, 3.63) is 52.8 Å². The summed E-state index contributed by atoms with van der Waals surface area (Å²) in [7, 11) is 0.224. The predicted molar refractivity (Wildman–Crippen MR) is 134 cm³/mol. The normalized spacial score (nSPS) is 22.5. The number of rotatable bonds is 7. The molecule has 6 nitrogen and oxygen atoms in total. The highest BCUT2D eigenvalue weighted by Gasteiger charge is 2.33. The van der Waals surface area contributed by atoms with Crippen LogP contribution in [-0.2, 0) is 15.6 Å². The minimum atomic E-state index is -4.10. The van der Waals surface area contributed by atoms with Crippen molar-refractivity contribution in [2.24, 2.45) is 0 Å². The number of sulfone groups is 1. The summed E-state index contributed by atoms with van der Waals surface area (Å²) in [6, 6.07) is 7.07. The van der Waals surface area contributed by atoms with Crippen molar-refractivity contribution in [2.45, 2.75) is 67.3 Å². The number of benzene rings is 1. The predicted octanol–water partition coefficient (Wildman–Crippen LogP) is 4.74. The number of hydrogen-bond donors (Lipinski definition) is 1. The molecule has 192 valence electrons. The number of nitrogens with zero attached hydrogens (tertiary/aromatic N) is 3. The number of halogens is 3. The SMILES string of the molecule is CN1CCC(N(C)[C@H]2CCCC[C@@H]2Nc2cc(F)c(S(=O)(=O)Cc3cccc(F)n3)cc2Cl)CC1. The van der Waals surface area contributed by atoms with Crippen LogP contribution in [0.3, 0.4) is 0 Å². The van der Waals surface area contributed by atoms with Crippen molar-refractivity contribution in [1.29, 1.82) is 0 Å². The molecular weight excluding hydrogens is 494 g/mol. The molecule has 2 aromatic rings. The Morgan fingerprint density at radius 2 is 1.86 bits per heavy atom. The average molecular weight is 527 g/mol. The number of nitrogens with one attached hydrogen (secondary N) is 1. The first-order chi connectivity index (χ1) is 16.6. The molecule has 0 spiro atoms. The molecule has 2 heterocycles. The van der Waals surface area contributed by atoms with Gasteiger partial charge in [-0.1, -0.05) is 30.5 Å². The lowest BCUT2D eigenvalue weighted by Crippen LogP contribution is -2.53. The molecule has 0 amide bonds. The lowest BCUT2D eigenvalue weighted by molar-refractivity contribution is 0.0820.